The van der Waals surface area contributed by atoms with Crippen LogP contribution in [0.25, 0.3) is 0 Å². The molecule has 1 saturated heterocycles. The van der Waals surface area contributed by atoms with E-state index in [1.807, 2.05) is 36.4 Å². The topological polar surface area (TPSA) is 45.2 Å². The first-order chi connectivity index (χ1) is 14.5. The molecule has 5 nitrogen and oxygen atoms in total. The summed E-state index contributed by atoms with van der Waals surface area (Å²) in [5.41, 5.74) is 3.43. The van der Waals surface area contributed by atoms with Crippen LogP contribution in [0.15, 0.2) is 49.1 Å². The molecular weight excluding hydrogens is 400 g/mol. The second-order valence-electron chi connectivity index (χ2n) is 7.65. The predicted octanol–water partition coefficient (Wildman–Crippen LogP) is 3.95. The molecule has 0 bridgehead atoms. The van der Waals surface area contributed by atoms with Crippen molar-refractivity contribution in [3.05, 3.63) is 65.2 Å². The highest BCUT2D eigenvalue weighted by atomic mass is 35.5. The summed E-state index contributed by atoms with van der Waals surface area (Å²) in [6, 6.07) is 11.7. The van der Waals surface area contributed by atoms with Gasteiger partial charge in [-0.05, 0) is 49.2 Å². The summed E-state index contributed by atoms with van der Waals surface area (Å²) >= 11 is 6.17. The number of β-amino-alcohol motifs (C(OH)–C–C–N with tert-alkyl or cyclic N) is 1. The molecule has 0 saturated carbocycles. The Balaban J connectivity index is 1.49. The third kappa shape index (κ3) is 5.91. The van der Waals surface area contributed by atoms with Gasteiger partial charge in [0.1, 0.15) is 24.2 Å². The first kappa shape index (κ1) is 22.5. The Labute approximate surface area is 184 Å². The van der Waals surface area contributed by atoms with Gasteiger partial charge in [0.25, 0.3) is 0 Å². The minimum atomic E-state index is -0.553. The van der Waals surface area contributed by atoms with Gasteiger partial charge in [-0.1, -0.05) is 23.7 Å². The maximum Gasteiger partial charge on any atom is 0.123 e. The van der Waals surface area contributed by atoms with E-state index in [0.29, 0.717) is 13.0 Å². The Hall–Kier alpha value is -2.21. The molecule has 1 atom stereocenters. The lowest BCUT2D eigenvalue weighted by Gasteiger charge is -2.37. The zero-order chi connectivity index (χ0) is 21.5. The van der Waals surface area contributed by atoms with Crippen LogP contribution < -0.4 is 14.4 Å². The van der Waals surface area contributed by atoms with Gasteiger partial charge in [-0.3, -0.25) is 4.90 Å². The van der Waals surface area contributed by atoms with E-state index < -0.39 is 6.10 Å². The summed E-state index contributed by atoms with van der Waals surface area (Å²) in [5, 5.41) is 11.3. The molecule has 30 heavy (non-hydrogen) atoms. The number of aliphatic hydroxyl groups is 1. The molecule has 1 heterocycles. The Kier molecular flexibility index (Phi) is 8.02. The van der Waals surface area contributed by atoms with Crippen LogP contribution in [0.4, 0.5) is 5.69 Å². The summed E-state index contributed by atoms with van der Waals surface area (Å²) in [6.45, 7) is 10.4. The number of piperazine rings is 1. The number of ether oxygens (including phenoxy) is 2. The summed E-state index contributed by atoms with van der Waals surface area (Å²) in [6.07, 6.45) is 1.97. The molecule has 1 aliphatic rings. The molecule has 1 N–H and O–H groups in total. The Morgan fingerprint density at radius 2 is 1.93 bits per heavy atom. The van der Waals surface area contributed by atoms with Gasteiger partial charge in [0, 0.05) is 49.0 Å². The van der Waals surface area contributed by atoms with Gasteiger partial charge in [-0.25, -0.2) is 0 Å². The maximum absolute atomic E-state index is 10.5. The van der Waals surface area contributed by atoms with Crippen molar-refractivity contribution >= 4 is 17.3 Å². The summed E-state index contributed by atoms with van der Waals surface area (Å²) in [7, 11) is 1.64. The Bertz CT molecular complexity index is 850. The van der Waals surface area contributed by atoms with Gasteiger partial charge in [-0.2, -0.15) is 0 Å². The lowest BCUT2D eigenvalue weighted by molar-refractivity contribution is 0.0660. The normalized spacial score (nSPS) is 15.7. The van der Waals surface area contributed by atoms with Gasteiger partial charge in [0.15, 0.2) is 0 Å². The minimum Gasteiger partial charge on any atom is -0.497 e. The fourth-order valence-corrected chi connectivity index (χ4v) is 3.94. The van der Waals surface area contributed by atoms with Crippen LogP contribution in [0, 0.1) is 6.92 Å². The van der Waals surface area contributed by atoms with Gasteiger partial charge in [0.05, 0.1) is 7.11 Å². The molecule has 0 radical (unpaired) electrons. The summed E-state index contributed by atoms with van der Waals surface area (Å²) < 4.78 is 11.2. The standard InChI is InChI=1S/C24H31ClN2O3/c1-4-5-19-14-22(29-3)8-9-24(19)30-17-21(28)16-26-10-12-27(13-11-26)23-15-20(25)7-6-18(23)2/h4,6-9,14-15,21,28H,1,5,10-13,16-17H2,2-3H3. The summed E-state index contributed by atoms with van der Waals surface area (Å²) in [5.74, 6) is 1.54. The second-order valence-corrected chi connectivity index (χ2v) is 8.09. The van der Waals surface area contributed by atoms with Crippen molar-refractivity contribution in [3.8, 4) is 11.5 Å². The van der Waals surface area contributed by atoms with Gasteiger partial charge >= 0.3 is 0 Å². The number of methoxy groups -OCH3 is 1. The highest BCUT2D eigenvalue weighted by Crippen LogP contribution is 2.26. The highest BCUT2D eigenvalue weighted by Gasteiger charge is 2.21. The van der Waals surface area contributed by atoms with Crippen LogP contribution in [-0.2, 0) is 6.42 Å². The molecule has 1 unspecified atom stereocenters. The molecule has 2 aromatic carbocycles. The van der Waals surface area contributed by atoms with Crippen molar-refractivity contribution in [2.24, 2.45) is 0 Å². The second kappa shape index (κ2) is 10.7. The fraction of sp³-hybridized carbons (Fsp3) is 0.417. The van der Waals surface area contributed by atoms with Crippen LogP contribution in [-0.4, -0.2) is 62.6 Å². The third-order valence-corrected chi connectivity index (χ3v) is 5.65. The SMILES string of the molecule is C=CCc1cc(OC)ccc1OCC(O)CN1CCN(c2cc(Cl)ccc2C)CC1. The third-order valence-electron chi connectivity index (χ3n) is 5.42. The van der Waals surface area contributed by atoms with Crippen LogP contribution in [0.1, 0.15) is 11.1 Å². The van der Waals surface area contributed by atoms with Crippen molar-refractivity contribution < 1.29 is 14.6 Å². The molecule has 0 spiro atoms. The average Bonchev–Trinajstić information content (AvgIpc) is 2.75. The van der Waals surface area contributed by atoms with Crippen LogP contribution in [0.3, 0.4) is 0 Å². The molecule has 3 rings (SSSR count). The predicted molar refractivity (Wildman–Crippen MR) is 123 cm³/mol. The number of anilines is 1. The molecule has 2 aromatic rings. The largest absolute Gasteiger partial charge is 0.497 e. The zero-order valence-corrected chi connectivity index (χ0v) is 18.6. The highest BCUT2D eigenvalue weighted by molar-refractivity contribution is 6.30. The molecule has 1 aliphatic heterocycles. The van der Waals surface area contributed by atoms with E-state index in [2.05, 4.69) is 29.4 Å². The Morgan fingerprint density at radius 3 is 2.63 bits per heavy atom. The quantitative estimate of drug-likeness (QED) is 0.610. The molecule has 0 amide bonds. The first-order valence-electron chi connectivity index (χ1n) is 10.3. The number of nitrogens with zero attached hydrogens (tertiary/aromatic N) is 2. The van der Waals surface area contributed by atoms with Crippen molar-refractivity contribution in [2.75, 3.05) is 51.3 Å². The number of allylic oxidation sites excluding steroid dienone is 1. The number of halogens is 1. The zero-order valence-electron chi connectivity index (χ0n) is 17.8. The maximum atomic E-state index is 10.5. The summed E-state index contributed by atoms with van der Waals surface area (Å²) in [4.78, 5) is 4.64. The van der Waals surface area contributed by atoms with Crippen molar-refractivity contribution in [2.45, 2.75) is 19.4 Å². The van der Waals surface area contributed by atoms with E-state index in [9.17, 15) is 5.11 Å². The lowest BCUT2D eigenvalue weighted by Crippen LogP contribution is -2.49. The molecule has 0 aliphatic carbocycles. The van der Waals surface area contributed by atoms with Crippen molar-refractivity contribution in [3.63, 3.8) is 0 Å². The van der Waals surface area contributed by atoms with E-state index in [-0.39, 0.29) is 6.61 Å². The fourth-order valence-electron chi connectivity index (χ4n) is 3.77. The molecule has 162 valence electrons. The van der Waals surface area contributed by atoms with Crippen molar-refractivity contribution in [1.29, 1.82) is 0 Å². The molecule has 1 fully saturated rings. The average molecular weight is 431 g/mol. The number of rotatable bonds is 9. The van der Waals surface area contributed by atoms with E-state index >= 15 is 0 Å². The number of hydrogen-bond acceptors (Lipinski definition) is 5. The van der Waals surface area contributed by atoms with E-state index in [4.69, 9.17) is 21.1 Å². The van der Waals surface area contributed by atoms with Crippen LogP contribution >= 0.6 is 11.6 Å². The van der Waals surface area contributed by atoms with E-state index in [1.54, 1.807) is 7.11 Å². The number of aliphatic hydroxyl groups excluding tert-OH is 1. The van der Waals surface area contributed by atoms with E-state index in [1.165, 1.54) is 11.3 Å². The molecular formula is C24H31ClN2O3. The monoisotopic (exact) mass is 430 g/mol. The van der Waals surface area contributed by atoms with E-state index in [0.717, 1.165) is 48.3 Å². The van der Waals surface area contributed by atoms with Crippen LogP contribution in [0.2, 0.25) is 5.02 Å². The van der Waals surface area contributed by atoms with Gasteiger partial charge in [0.2, 0.25) is 0 Å². The van der Waals surface area contributed by atoms with Crippen molar-refractivity contribution in [1.82, 2.24) is 4.90 Å². The molecule has 6 heteroatoms. The smallest absolute Gasteiger partial charge is 0.123 e. The van der Waals surface area contributed by atoms with Gasteiger partial charge < -0.3 is 19.5 Å². The molecule has 0 aromatic heterocycles. The van der Waals surface area contributed by atoms with Crippen LogP contribution in [0.5, 0.6) is 11.5 Å². The first-order valence-corrected chi connectivity index (χ1v) is 10.7. The number of hydrogen-bond donors (Lipinski definition) is 1. The number of aryl methyl sites for hydroxylation is 1. The Morgan fingerprint density at radius 1 is 1.17 bits per heavy atom. The number of benzene rings is 2. The van der Waals surface area contributed by atoms with Gasteiger partial charge in [-0.15, -0.1) is 6.58 Å². The minimum absolute atomic E-state index is 0.254. The lowest BCUT2D eigenvalue weighted by atomic mass is 10.1.